The number of carbonyl (C=O) groups is 1. The fraction of sp³-hybridized carbons (Fsp3) is 0. The van der Waals surface area contributed by atoms with E-state index in [0.29, 0.717) is 5.56 Å². The summed E-state index contributed by atoms with van der Waals surface area (Å²) in [5, 5.41) is 2.65. The molecule has 0 aliphatic carbocycles. The van der Waals surface area contributed by atoms with E-state index in [4.69, 9.17) is 11.6 Å². The van der Waals surface area contributed by atoms with E-state index in [1.165, 1.54) is 30.6 Å². The topological polar surface area (TPSA) is 101 Å². The smallest absolute Gasteiger partial charge is 0.265 e. The molecule has 1 amide bonds. The number of nitrogens with zero attached hydrogens (tertiary/aromatic N) is 2. The highest BCUT2D eigenvalue weighted by Gasteiger charge is 2.20. The van der Waals surface area contributed by atoms with Gasteiger partial charge in [0.25, 0.3) is 15.9 Å². The first kappa shape index (κ1) is 17.8. The molecule has 2 N–H and O–H groups in total. The maximum absolute atomic E-state index is 12.5. The Balaban J connectivity index is 1.87. The number of carbonyl (C=O) groups excluding carboxylic acids is 1. The van der Waals surface area contributed by atoms with Gasteiger partial charge in [0.05, 0.1) is 5.02 Å². The SMILES string of the molecule is O=C(Nc1ccc(Cl)c(S(=O)(=O)Nc2ncccn2)c1)c1ccccc1. The largest absolute Gasteiger partial charge is 0.322 e. The average Bonchev–Trinajstić information content (AvgIpc) is 2.64. The third-order valence-electron chi connectivity index (χ3n) is 3.31. The molecular formula is C17H13ClN4O3S. The molecule has 3 rings (SSSR count). The fourth-order valence-electron chi connectivity index (χ4n) is 2.11. The molecule has 7 nitrogen and oxygen atoms in total. The predicted octanol–water partition coefficient (Wildman–Crippen LogP) is 3.18. The van der Waals surface area contributed by atoms with Gasteiger partial charge < -0.3 is 5.32 Å². The first-order chi connectivity index (χ1) is 12.5. The minimum atomic E-state index is -4.03. The Kier molecular flexibility index (Phi) is 5.15. The van der Waals surface area contributed by atoms with Crippen molar-refractivity contribution in [2.75, 3.05) is 10.0 Å². The number of halogens is 1. The van der Waals surface area contributed by atoms with Crippen molar-refractivity contribution in [3.8, 4) is 0 Å². The molecule has 0 spiro atoms. The number of sulfonamides is 1. The monoisotopic (exact) mass is 388 g/mol. The molecule has 0 radical (unpaired) electrons. The second kappa shape index (κ2) is 7.51. The molecule has 9 heteroatoms. The summed E-state index contributed by atoms with van der Waals surface area (Å²) in [6.07, 6.45) is 2.81. The zero-order valence-electron chi connectivity index (χ0n) is 13.3. The van der Waals surface area contributed by atoms with Gasteiger partial charge >= 0.3 is 0 Å². The standard InChI is InChI=1S/C17H13ClN4O3S/c18-14-8-7-13(21-16(23)12-5-2-1-3-6-12)11-15(14)26(24,25)22-17-19-9-4-10-20-17/h1-11H,(H,21,23)(H,19,20,22). The Hall–Kier alpha value is -2.97. The normalized spacial score (nSPS) is 11.0. The number of rotatable bonds is 5. The van der Waals surface area contributed by atoms with Crippen molar-refractivity contribution in [3.63, 3.8) is 0 Å². The van der Waals surface area contributed by atoms with Crippen molar-refractivity contribution in [2.45, 2.75) is 4.90 Å². The molecule has 0 fully saturated rings. The lowest BCUT2D eigenvalue weighted by Crippen LogP contribution is -2.16. The second-order valence-corrected chi connectivity index (χ2v) is 7.20. The number of nitrogens with one attached hydrogen (secondary N) is 2. The van der Waals surface area contributed by atoms with E-state index in [9.17, 15) is 13.2 Å². The molecule has 3 aromatic rings. The Labute approximate surface area is 155 Å². The van der Waals surface area contributed by atoms with Gasteiger partial charge in [0.2, 0.25) is 5.95 Å². The molecule has 132 valence electrons. The highest BCUT2D eigenvalue weighted by atomic mass is 35.5. The highest BCUT2D eigenvalue weighted by Crippen LogP contribution is 2.26. The molecule has 0 aliphatic heterocycles. The van der Waals surface area contributed by atoms with E-state index in [2.05, 4.69) is 20.0 Å². The van der Waals surface area contributed by atoms with Gasteiger partial charge in [-0.25, -0.2) is 23.1 Å². The molecule has 0 aliphatic rings. The van der Waals surface area contributed by atoms with Crippen LogP contribution in [-0.4, -0.2) is 24.3 Å². The summed E-state index contributed by atoms with van der Waals surface area (Å²) in [4.78, 5) is 19.7. The van der Waals surface area contributed by atoms with Crippen LogP contribution in [0.25, 0.3) is 0 Å². The van der Waals surface area contributed by atoms with Gasteiger partial charge in [-0.15, -0.1) is 0 Å². The van der Waals surface area contributed by atoms with E-state index < -0.39 is 10.0 Å². The summed E-state index contributed by atoms with van der Waals surface area (Å²) in [5.41, 5.74) is 0.736. The van der Waals surface area contributed by atoms with Crippen molar-refractivity contribution in [1.82, 2.24) is 9.97 Å². The number of amides is 1. The van der Waals surface area contributed by atoms with Crippen LogP contribution in [0.5, 0.6) is 0 Å². The van der Waals surface area contributed by atoms with Crippen molar-refractivity contribution in [1.29, 1.82) is 0 Å². The van der Waals surface area contributed by atoms with Crippen LogP contribution in [0.15, 0.2) is 71.9 Å². The number of anilines is 2. The van der Waals surface area contributed by atoms with Crippen LogP contribution >= 0.6 is 11.6 Å². The van der Waals surface area contributed by atoms with E-state index in [-0.39, 0.29) is 27.5 Å². The molecule has 0 atom stereocenters. The summed E-state index contributed by atoms with van der Waals surface area (Å²) >= 11 is 6.03. The number of hydrogen-bond acceptors (Lipinski definition) is 5. The lowest BCUT2D eigenvalue weighted by molar-refractivity contribution is 0.102. The maximum atomic E-state index is 12.5. The highest BCUT2D eigenvalue weighted by molar-refractivity contribution is 7.92. The van der Waals surface area contributed by atoms with Gasteiger partial charge in [0.1, 0.15) is 4.90 Å². The molecule has 0 saturated carbocycles. The van der Waals surface area contributed by atoms with Crippen LogP contribution in [-0.2, 0) is 10.0 Å². The molecule has 0 saturated heterocycles. The van der Waals surface area contributed by atoms with Gasteiger partial charge in [-0.1, -0.05) is 29.8 Å². The number of benzene rings is 2. The Morgan fingerprint density at radius 1 is 0.962 bits per heavy atom. The third-order valence-corrected chi connectivity index (χ3v) is 5.12. The third kappa shape index (κ3) is 4.16. The molecular weight excluding hydrogens is 376 g/mol. The van der Waals surface area contributed by atoms with E-state index in [1.54, 1.807) is 36.4 Å². The van der Waals surface area contributed by atoms with Gasteiger partial charge in [0, 0.05) is 23.6 Å². The molecule has 0 bridgehead atoms. The Bertz CT molecular complexity index is 1030. The van der Waals surface area contributed by atoms with E-state index in [1.807, 2.05) is 0 Å². The first-order valence-electron chi connectivity index (χ1n) is 7.41. The van der Waals surface area contributed by atoms with Crippen molar-refractivity contribution in [3.05, 3.63) is 77.6 Å². The van der Waals surface area contributed by atoms with E-state index >= 15 is 0 Å². The summed E-state index contributed by atoms with van der Waals surface area (Å²) < 4.78 is 27.3. The van der Waals surface area contributed by atoms with Gasteiger partial charge in [-0.2, -0.15) is 0 Å². The summed E-state index contributed by atoms with van der Waals surface area (Å²) in [6, 6.07) is 14.3. The Morgan fingerprint density at radius 3 is 2.35 bits per heavy atom. The maximum Gasteiger partial charge on any atom is 0.265 e. The van der Waals surface area contributed by atoms with Crippen LogP contribution in [0.4, 0.5) is 11.6 Å². The first-order valence-corrected chi connectivity index (χ1v) is 9.27. The van der Waals surface area contributed by atoms with E-state index in [0.717, 1.165) is 0 Å². The molecule has 26 heavy (non-hydrogen) atoms. The molecule has 0 unspecified atom stereocenters. The number of hydrogen-bond donors (Lipinski definition) is 2. The van der Waals surface area contributed by atoms with Crippen molar-refractivity contribution < 1.29 is 13.2 Å². The van der Waals surface area contributed by atoms with Crippen molar-refractivity contribution in [2.24, 2.45) is 0 Å². The lowest BCUT2D eigenvalue weighted by Gasteiger charge is -2.11. The fourth-order valence-corrected chi connectivity index (χ4v) is 3.59. The van der Waals surface area contributed by atoms with Crippen LogP contribution in [0.3, 0.4) is 0 Å². The predicted molar refractivity (Wildman–Crippen MR) is 98.7 cm³/mol. The quantitative estimate of drug-likeness (QED) is 0.699. The van der Waals surface area contributed by atoms with Crippen LogP contribution in [0.2, 0.25) is 5.02 Å². The van der Waals surface area contributed by atoms with Crippen LogP contribution < -0.4 is 10.0 Å². The number of aromatic nitrogens is 2. The zero-order chi connectivity index (χ0) is 18.6. The van der Waals surface area contributed by atoms with Gasteiger partial charge in [-0.05, 0) is 36.4 Å². The molecule has 1 heterocycles. The summed E-state index contributed by atoms with van der Waals surface area (Å²) in [7, 11) is -4.03. The minimum Gasteiger partial charge on any atom is -0.322 e. The second-order valence-electron chi connectivity index (χ2n) is 5.14. The average molecular weight is 389 g/mol. The lowest BCUT2D eigenvalue weighted by atomic mass is 10.2. The zero-order valence-corrected chi connectivity index (χ0v) is 14.8. The summed E-state index contributed by atoms with van der Waals surface area (Å²) in [5.74, 6) is -0.446. The molecule has 1 aromatic heterocycles. The van der Waals surface area contributed by atoms with Crippen molar-refractivity contribution >= 4 is 39.2 Å². The van der Waals surface area contributed by atoms with Gasteiger partial charge in [0.15, 0.2) is 0 Å². The van der Waals surface area contributed by atoms with Crippen LogP contribution in [0, 0.1) is 0 Å². The minimum absolute atomic E-state index is 0.00569. The molecule has 2 aromatic carbocycles. The van der Waals surface area contributed by atoms with Crippen LogP contribution in [0.1, 0.15) is 10.4 Å². The van der Waals surface area contributed by atoms with Gasteiger partial charge in [-0.3, -0.25) is 4.79 Å². The summed E-state index contributed by atoms with van der Waals surface area (Å²) in [6.45, 7) is 0. The Morgan fingerprint density at radius 2 is 1.65 bits per heavy atom.